The molecule has 0 saturated carbocycles. The molecule has 0 N–H and O–H groups in total. The second kappa shape index (κ2) is 6.88. The van der Waals surface area contributed by atoms with Crippen LogP contribution in [0.1, 0.15) is 5.69 Å². The molecule has 1 heterocycles. The molecule has 3 rings (SSSR count). The summed E-state index contributed by atoms with van der Waals surface area (Å²) >= 11 is 0. The summed E-state index contributed by atoms with van der Waals surface area (Å²) in [4.78, 5) is 6.83. The monoisotopic (exact) mass is 274 g/mol. The number of pyridine rings is 1. The Bertz CT molecular complexity index is 640. The molecule has 2 nitrogen and oxygen atoms in total. The molecule has 0 radical (unpaired) electrons. The fraction of sp³-hybridized carbons (Fsp3) is 0.211. The first-order chi connectivity index (χ1) is 10.4. The quantitative estimate of drug-likeness (QED) is 0.710. The summed E-state index contributed by atoms with van der Waals surface area (Å²) in [7, 11) is 0. The first-order valence-electron chi connectivity index (χ1n) is 7.27. The van der Waals surface area contributed by atoms with Gasteiger partial charge in [0.25, 0.3) is 0 Å². The van der Waals surface area contributed by atoms with Gasteiger partial charge in [0.15, 0.2) is 0 Å². The molecule has 2 heteroatoms. The highest BCUT2D eigenvalue weighted by atomic mass is 15.1. The van der Waals surface area contributed by atoms with Crippen LogP contribution in [0.3, 0.4) is 0 Å². The van der Waals surface area contributed by atoms with Gasteiger partial charge in [0.05, 0.1) is 0 Å². The minimum Gasteiger partial charge on any atom is -0.293 e. The molecule has 0 aromatic carbocycles. The number of allylic oxidation sites excluding steroid dienone is 2. The molecule has 21 heavy (non-hydrogen) atoms. The highest BCUT2D eigenvalue weighted by Gasteiger charge is 2.10. The smallest absolute Gasteiger partial charge is 0.0416 e. The van der Waals surface area contributed by atoms with Crippen molar-refractivity contribution in [2.45, 2.75) is 6.42 Å². The normalized spacial score (nSPS) is 15.1. The van der Waals surface area contributed by atoms with Crippen LogP contribution in [0.2, 0.25) is 0 Å². The standard InChI is InChI=1S/C19H18N2/c1-2-8-17(7-1)15-21(16-18-9-3-4-10-18)14-12-19-11-5-6-13-20-19/h1-7,9,11,13H,12,14-16H2. The van der Waals surface area contributed by atoms with Crippen molar-refractivity contribution in [3.63, 3.8) is 0 Å². The molecule has 0 saturated heterocycles. The zero-order chi connectivity index (χ0) is 14.3. The highest BCUT2D eigenvalue weighted by molar-refractivity contribution is 5.32. The minimum absolute atomic E-state index is 0.916. The Morgan fingerprint density at radius 3 is 2.19 bits per heavy atom. The average molecular weight is 274 g/mol. The summed E-state index contributed by atoms with van der Waals surface area (Å²) in [5, 5.41) is 0. The van der Waals surface area contributed by atoms with Crippen molar-refractivity contribution in [3.05, 3.63) is 89.2 Å². The van der Waals surface area contributed by atoms with E-state index in [0.29, 0.717) is 0 Å². The zero-order valence-electron chi connectivity index (χ0n) is 12.0. The van der Waals surface area contributed by atoms with Crippen LogP contribution in [0.15, 0.2) is 83.5 Å². The van der Waals surface area contributed by atoms with Gasteiger partial charge in [-0.1, -0.05) is 18.2 Å². The van der Waals surface area contributed by atoms with E-state index in [1.165, 1.54) is 11.1 Å². The Kier molecular flexibility index (Phi) is 4.45. The molecule has 0 spiro atoms. The van der Waals surface area contributed by atoms with E-state index in [1.807, 2.05) is 42.6 Å². The summed E-state index contributed by atoms with van der Waals surface area (Å²) in [6.45, 7) is 2.81. The molecule has 0 aliphatic heterocycles. The summed E-state index contributed by atoms with van der Waals surface area (Å²) in [5.74, 6) is 0. The average Bonchev–Trinajstić information content (AvgIpc) is 3.20. The maximum absolute atomic E-state index is 4.40. The molecule has 0 atom stereocenters. The topological polar surface area (TPSA) is 16.1 Å². The van der Waals surface area contributed by atoms with E-state index in [-0.39, 0.29) is 0 Å². The second-order valence-electron chi connectivity index (χ2n) is 5.17. The molecule has 1 aromatic heterocycles. The van der Waals surface area contributed by atoms with Crippen LogP contribution in [0, 0.1) is 0 Å². The molecule has 2 aliphatic rings. The lowest BCUT2D eigenvalue weighted by molar-refractivity contribution is 0.329. The van der Waals surface area contributed by atoms with Gasteiger partial charge in [0.2, 0.25) is 0 Å². The molecular formula is C19H18N2. The summed E-state index contributed by atoms with van der Waals surface area (Å²) in [6, 6.07) is 6.09. The van der Waals surface area contributed by atoms with Crippen LogP contribution >= 0.6 is 0 Å². The lowest BCUT2D eigenvalue weighted by Gasteiger charge is -2.21. The molecule has 0 fully saturated rings. The Balaban J connectivity index is 1.63. The van der Waals surface area contributed by atoms with Crippen LogP contribution in [0.5, 0.6) is 0 Å². The van der Waals surface area contributed by atoms with E-state index in [0.717, 1.165) is 31.7 Å². The molecule has 0 unspecified atom stereocenters. The number of hydrogen-bond donors (Lipinski definition) is 0. The maximum atomic E-state index is 4.40. The van der Waals surface area contributed by atoms with Crippen molar-refractivity contribution in [2.75, 3.05) is 19.6 Å². The number of hydrogen-bond acceptors (Lipinski definition) is 2. The molecule has 0 amide bonds. The van der Waals surface area contributed by atoms with Gasteiger partial charge in [-0.2, -0.15) is 0 Å². The largest absolute Gasteiger partial charge is 0.293 e. The lowest BCUT2D eigenvalue weighted by Crippen LogP contribution is -2.29. The Labute approximate surface area is 125 Å². The number of aromatic nitrogens is 1. The van der Waals surface area contributed by atoms with E-state index in [4.69, 9.17) is 0 Å². The molecule has 2 aliphatic carbocycles. The van der Waals surface area contributed by atoms with Crippen molar-refractivity contribution in [3.8, 4) is 0 Å². The van der Waals surface area contributed by atoms with Gasteiger partial charge in [-0.3, -0.25) is 9.88 Å². The van der Waals surface area contributed by atoms with Crippen molar-refractivity contribution in [2.24, 2.45) is 0 Å². The minimum atomic E-state index is 0.916. The van der Waals surface area contributed by atoms with Crippen molar-refractivity contribution in [1.82, 2.24) is 9.88 Å². The van der Waals surface area contributed by atoms with Crippen molar-refractivity contribution < 1.29 is 0 Å². The predicted molar refractivity (Wildman–Crippen MR) is 85.9 cm³/mol. The SMILES string of the molecule is C1=CC=CC=1CN(CCc1ccccn1)CC1=C=CC=C1. The second-order valence-corrected chi connectivity index (χ2v) is 5.17. The first-order valence-corrected chi connectivity index (χ1v) is 7.27. The Morgan fingerprint density at radius 1 is 0.952 bits per heavy atom. The Morgan fingerprint density at radius 2 is 1.67 bits per heavy atom. The van der Waals surface area contributed by atoms with E-state index in [2.05, 4.69) is 39.6 Å². The van der Waals surface area contributed by atoms with Crippen molar-refractivity contribution in [1.29, 1.82) is 0 Å². The van der Waals surface area contributed by atoms with Crippen LogP contribution in [0.4, 0.5) is 0 Å². The van der Waals surface area contributed by atoms with E-state index in [9.17, 15) is 0 Å². The third kappa shape index (κ3) is 4.05. The van der Waals surface area contributed by atoms with Gasteiger partial charge in [0, 0.05) is 49.1 Å². The lowest BCUT2D eigenvalue weighted by atomic mass is 10.2. The van der Waals surface area contributed by atoms with Gasteiger partial charge in [-0.15, -0.1) is 11.5 Å². The van der Waals surface area contributed by atoms with E-state index in [1.54, 1.807) is 0 Å². The summed E-state index contributed by atoms with van der Waals surface area (Å²) in [6.07, 6.45) is 15.1. The first kappa shape index (κ1) is 13.6. The molecular weight excluding hydrogens is 256 g/mol. The van der Waals surface area contributed by atoms with Crippen LogP contribution in [-0.2, 0) is 6.42 Å². The van der Waals surface area contributed by atoms with Gasteiger partial charge >= 0.3 is 0 Å². The number of nitrogens with zero attached hydrogens (tertiary/aromatic N) is 2. The number of rotatable bonds is 7. The fourth-order valence-corrected chi connectivity index (χ4v) is 2.45. The summed E-state index contributed by atoms with van der Waals surface area (Å²) < 4.78 is 0. The maximum Gasteiger partial charge on any atom is 0.0416 e. The third-order valence-corrected chi connectivity index (χ3v) is 3.52. The summed E-state index contributed by atoms with van der Waals surface area (Å²) in [5.41, 5.74) is 10.2. The highest BCUT2D eigenvalue weighted by Crippen LogP contribution is 2.10. The van der Waals surface area contributed by atoms with Crippen LogP contribution in [0.25, 0.3) is 0 Å². The van der Waals surface area contributed by atoms with Gasteiger partial charge in [-0.05, 0) is 36.4 Å². The molecule has 0 bridgehead atoms. The van der Waals surface area contributed by atoms with Gasteiger partial charge in [-0.25, -0.2) is 0 Å². The van der Waals surface area contributed by atoms with Crippen LogP contribution < -0.4 is 0 Å². The van der Waals surface area contributed by atoms with Crippen LogP contribution in [-0.4, -0.2) is 29.5 Å². The zero-order valence-corrected chi connectivity index (χ0v) is 12.0. The molecule has 1 aromatic rings. The van der Waals surface area contributed by atoms with Gasteiger partial charge < -0.3 is 0 Å². The molecule has 104 valence electrons. The van der Waals surface area contributed by atoms with E-state index >= 15 is 0 Å². The Hall–Kier alpha value is -2.37. The predicted octanol–water partition coefficient (Wildman–Crippen LogP) is 3.23. The van der Waals surface area contributed by atoms with Crippen molar-refractivity contribution >= 4 is 0 Å². The fourth-order valence-electron chi connectivity index (χ4n) is 2.45. The van der Waals surface area contributed by atoms with Gasteiger partial charge in [0.1, 0.15) is 0 Å². The van der Waals surface area contributed by atoms with E-state index < -0.39 is 0 Å². The third-order valence-electron chi connectivity index (χ3n) is 3.52.